The fourth-order valence-electron chi connectivity index (χ4n) is 1.96. The van der Waals surface area contributed by atoms with Gasteiger partial charge in [-0.2, -0.15) is 0 Å². The molecule has 1 aromatic carbocycles. The molecule has 1 aromatic heterocycles. The molecular formula is C14H17N3O3. The number of benzene rings is 1. The highest BCUT2D eigenvalue weighted by Crippen LogP contribution is 2.21. The van der Waals surface area contributed by atoms with Gasteiger partial charge in [-0.15, -0.1) is 5.10 Å². The lowest BCUT2D eigenvalue weighted by Crippen LogP contribution is -2.08. The predicted molar refractivity (Wildman–Crippen MR) is 73.1 cm³/mol. The molecule has 0 radical (unpaired) electrons. The summed E-state index contributed by atoms with van der Waals surface area (Å²) in [7, 11) is 1.62. The number of nitrogens with zero attached hydrogens (tertiary/aromatic N) is 3. The van der Waals surface area contributed by atoms with E-state index >= 15 is 0 Å². The van der Waals surface area contributed by atoms with Gasteiger partial charge in [0.25, 0.3) is 5.82 Å². The van der Waals surface area contributed by atoms with Crippen molar-refractivity contribution >= 4 is 5.97 Å². The molecule has 106 valence electrons. The van der Waals surface area contributed by atoms with Crippen molar-refractivity contribution in [2.45, 2.75) is 26.4 Å². The molecule has 2 aromatic rings. The number of ether oxygens (including phenoxy) is 1. The molecule has 20 heavy (non-hydrogen) atoms. The van der Waals surface area contributed by atoms with E-state index in [1.165, 1.54) is 0 Å². The Bertz CT molecular complexity index is 620. The number of hydrogen-bond acceptors (Lipinski definition) is 4. The predicted octanol–water partition coefficient (Wildman–Crippen LogP) is 2.24. The van der Waals surface area contributed by atoms with Crippen LogP contribution in [-0.2, 0) is 11.3 Å². The Morgan fingerprint density at radius 3 is 2.70 bits per heavy atom. The second-order valence-electron chi connectivity index (χ2n) is 4.73. The van der Waals surface area contributed by atoms with Gasteiger partial charge < -0.3 is 9.84 Å². The maximum atomic E-state index is 11.1. The van der Waals surface area contributed by atoms with Crippen LogP contribution in [0, 0.1) is 0 Å². The molecule has 0 aliphatic heterocycles. The Morgan fingerprint density at radius 1 is 1.40 bits per heavy atom. The van der Waals surface area contributed by atoms with Crippen LogP contribution in [0.4, 0.5) is 0 Å². The molecule has 6 heteroatoms. The second-order valence-corrected chi connectivity index (χ2v) is 4.73. The SMILES string of the molecule is COCc1ccccc1-n1nc(C(=O)O)nc1C(C)C. The zero-order chi connectivity index (χ0) is 14.7. The first kappa shape index (κ1) is 14.2. The number of methoxy groups -OCH3 is 1. The minimum atomic E-state index is -1.13. The standard InChI is InChI=1S/C14H17N3O3/c1-9(2)13-15-12(14(18)19)16-17(13)11-7-5-4-6-10(11)8-20-3/h4-7,9H,8H2,1-3H3,(H,18,19). The second kappa shape index (κ2) is 5.83. The van der Waals surface area contributed by atoms with Gasteiger partial charge in [-0.25, -0.2) is 14.5 Å². The van der Waals surface area contributed by atoms with Gasteiger partial charge in [-0.05, 0) is 6.07 Å². The molecule has 1 heterocycles. The third kappa shape index (κ3) is 2.70. The highest BCUT2D eigenvalue weighted by Gasteiger charge is 2.19. The maximum absolute atomic E-state index is 11.1. The number of carbonyl (C=O) groups is 1. The molecule has 0 aliphatic rings. The maximum Gasteiger partial charge on any atom is 0.375 e. The van der Waals surface area contributed by atoms with Gasteiger partial charge in [0.1, 0.15) is 5.82 Å². The first-order valence-corrected chi connectivity index (χ1v) is 6.32. The van der Waals surface area contributed by atoms with Crippen LogP contribution in [0.2, 0.25) is 0 Å². The number of hydrogen-bond donors (Lipinski definition) is 1. The molecule has 2 rings (SSSR count). The van der Waals surface area contributed by atoms with E-state index < -0.39 is 5.97 Å². The van der Waals surface area contributed by atoms with Crippen molar-refractivity contribution in [3.63, 3.8) is 0 Å². The van der Waals surface area contributed by atoms with Crippen molar-refractivity contribution in [2.24, 2.45) is 0 Å². The van der Waals surface area contributed by atoms with Crippen LogP contribution < -0.4 is 0 Å². The summed E-state index contributed by atoms with van der Waals surface area (Å²) < 4.78 is 6.75. The topological polar surface area (TPSA) is 77.2 Å². The number of aromatic nitrogens is 3. The van der Waals surface area contributed by atoms with Gasteiger partial charge in [-0.1, -0.05) is 32.0 Å². The molecule has 1 N–H and O–H groups in total. The molecule has 0 bridgehead atoms. The van der Waals surface area contributed by atoms with Crippen molar-refractivity contribution in [1.29, 1.82) is 0 Å². The molecule has 0 saturated heterocycles. The molecular weight excluding hydrogens is 258 g/mol. The number of carboxylic acids is 1. The lowest BCUT2D eigenvalue weighted by atomic mass is 10.1. The highest BCUT2D eigenvalue weighted by atomic mass is 16.5. The lowest BCUT2D eigenvalue weighted by molar-refractivity contribution is 0.0683. The van der Waals surface area contributed by atoms with Crippen molar-refractivity contribution in [3.05, 3.63) is 41.5 Å². The van der Waals surface area contributed by atoms with Crippen LogP contribution in [0.15, 0.2) is 24.3 Å². The summed E-state index contributed by atoms with van der Waals surface area (Å²) in [5.74, 6) is -0.645. The van der Waals surface area contributed by atoms with Crippen molar-refractivity contribution in [1.82, 2.24) is 14.8 Å². The van der Waals surface area contributed by atoms with Crippen LogP contribution >= 0.6 is 0 Å². The Balaban J connectivity index is 2.59. The first-order chi connectivity index (χ1) is 9.54. The minimum Gasteiger partial charge on any atom is -0.475 e. The van der Waals surface area contributed by atoms with Gasteiger partial charge in [-0.3, -0.25) is 0 Å². The van der Waals surface area contributed by atoms with Crippen LogP contribution in [0.5, 0.6) is 0 Å². The Hall–Kier alpha value is -2.21. The van der Waals surface area contributed by atoms with E-state index in [2.05, 4.69) is 10.1 Å². The summed E-state index contributed by atoms with van der Waals surface area (Å²) in [6.45, 7) is 4.33. The third-order valence-corrected chi connectivity index (χ3v) is 2.86. The van der Waals surface area contributed by atoms with E-state index in [-0.39, 0.29) is 11.7 Å². The van der Waals surface area contributed by atoms with E-state index in [0.29, 0.717) is 12.4 Å². The third-order valence-electron chi connectivity index (χ3n) is 2.86. The van der Waals surface area contributed by atoms with Gasteiger partial charge in [0.15, 0.2) is 0 Å². The van der Waals surface area contributed by atoms with Gasteiger partial charge in [0, 0.05) is 18.6 Å². The van der Waals surface area contributed by atoms with Crippen LogP contribution in [0.25, 0.3) is 5.69 Å². The summed E-state index contributed by atoms with van der Waals surface area (Å²) in [4.78, 5) is 15.2. The fraction of sp³-hybridized carbons (Fsp3) is 0.357. The zero-order valence-electron chi connectivity index (χ0n) is 11.7. The molecule has 0 fully saturated rings. The van der Waals surface area contributed by atoms with Crippen molar-refractivity contribution < 1.29 is 14.6 Å². The summed E-state index contributed by atoms with van der Waals surface area (Å²) in [6.07, 6.45) is 0. The minimum absolute atomic E-state index is 0.0613. The van der Waals surface area contributed by atoms with Gasteiger partial charge in [0.2, 0.25) is 0 Å². The zero-order valence-corrected chi connectivity index (χ0v) is 11.7. The van der Waals surface area contributed by atoms with E-state index in [4.69, 9.17) is 9.84 Å². The van der Waals surface area contributed by atoms with Crippen LogP contribution in [-0.4, -0.2) is 33.0 Å². The summed E-state index contributed by atoms with van der Waals surface area (Å²) in [5, 5.41) is 13.2. The molecule has 0 aliphatic carbocycles. The Kier molecular flexibility index (Phi) is 4.14. The van der Waals surface area contributed by atoms with Crippen LogP contribution in [0.1, 0.15) is 41.8 Å². The largest absolute Gasteiger partial charge is 0.475 e. The smallest absolute Gasteiger partial charge is 0.375 e. The molecule has 6 nitrogen and oxygen atoms in total. The molecule has 0 atom stereocenters. The number of para-hydroxylation sites is 1. The summed E-state index contributed by atoms with van der Waals surface area (Å²) >= 11 is 0. The first-order valence-electron chi connectivity index (χ1n) is 6.32. The lowest BCUT2D eigenvalue weighted by Gasteiger charge is -2.12. The van der Waals surface area contributed by atoms with Gasteiger partial charge >= 0.3 is 5.97 Å². The average Bonchev–Trinajstić information content (AvgIpc) is 2.85. The number of carboxylic acid groups (broad SMARTS) is 1. The van der Waals surface area contributed by atoms with Crippen molar-refractivity contribution in [2.75, 3.05) is 7.11 Å². The fourth-order valence-corrected chi connectivity index (χ4v) is 1.96. The van der Waals surface area contributed by atoms with Crippen molar-refractivity contribution in [3.8, 4) is 5.69 Å². The molecule has 0 unspecified atom stereocenters. The number of rotatable bonds is 5. The summed E-state index contributed by atoms with van der Waals surface area (Å²) in [6, 6.07) is 7.58. The Morgan fingerprint density at radius 2 is 2.10 bits per heavy atom. The number of aromatic carboxylic acids is 1. The molecule has 0 amide bonds. The average molecular weight is 275 g/mol. The van der Waals surface area contributed by atoms with E-state index in [9.17, 15) is 4.79 Å². The normalized spacial score (nSPS) is 11.0. The quantitative estimate of drug-likeness (QED) is 0.905. The van der Waals surface area contributed by atoms with E-state index in [0.717, 1.165) is 11.3 Å². The van der Waals surface area contributed by atoms with E-state index in [1.54, 1.807) is 11.8 Å². The monoisotopic (exact) mass is 275 g/mol. The molecule has 0 spiro atoms. The van der Waals surface area contributed by atoms with Crippen LogP contribution in [0.3, 0.4) is 0 Å². The molecule has 0 saturated carbocycles. The summed E-state index contributed by atoms with van der Waals surface area (Å²) in [5.41, 5.74) is 1.72. The highest BCUT2D eigenvalue weighted by molar-refractivity contribution is 5.83. The Labute approximate surface area is 117 Å². The van der Waals surface area contributed by atoms with E-state index in [1.807, 2.05) is 38.1 Å². The van der Waals surface area contributed by atoms with Gasteiger partial charge in [0.05, 0.1) is 12.3 Å².